The smallest absolute Gasteiger partial charge is 0.0580 e. The van der Waals surface area contributed by atoms with Crippen molar-refractivity contribution in [3.05, 3.63) is 0 Å². The largest absolute Gasteiger partial charge is 0.393 e. The maximum absolute atomic E-state index is 10.2. The van der Waals surface area contributed by atoms with Gasteiger partial charge in [0.05, 0.1) is 6.10 Å². The second-order valence-corrected chi connectivity index (χ2v) is 6.24. The first kappa shape index (κ1) is 14.3. The van der Waals surface area contributed by atoms with E-state index < -0.39 is 0 Å². The highest BCUT2D eigenvalue weighted by Gasteiger charge is 2.24. The molecule has 1 aliphatic carbocycles. The molecule has 2 atom stereocenters. The van der Waals surface area contributed by atoms with Gasteiger partial charge in [0, 0.05) is 26.3 Å². The summed E-state index contributed by atoms with van der Waals surface area (Å²) in [5.74, 6) is 1.30. The number of aliphatic hydroxyl groups excluding tert-OH is 1. The number of aliphatic hydroxyl groups is 1. The van der Waals surface area contributed by atoms with Gasteiger partial charge in [-0.3, -0.25) is 0 Å². The van der Waals surface area contributed by atoms with Crippen LogP contribution < -0.4 is 0 Å². The monoisotopic (exact) mass is 255 g/mol. The quantitative estimate of drug-likeness (QED) is 0.782. The molecule has 1 aliphatic heterocycles. The standard InChI is InChI=1S/C15H29NO2/c1-16(11-13-7-9-18-10-8-13)12-14-5-3-2-4-6-15(14)17/h13-15,17H,2-12H2,1H3. The minimum absolute atomic E-state index is 0.0651. The third-order valence-corrected chi connectivity index (χ3v) is 4.58. The Kier molecular flexibility index (Phi) is 5.93. The first-order chi connectivity index (χ1) is 8.75. The third kappa shape index (κ3) is 4.52. The van der Waals surface area contributed by atoms with Crippen LogP contribution >= 0.6 is 0 Å². The zero-order valence-corrected chi connectivity index (χ0v) is 11.8. The van der Waals surface area contributed by atoms with E-state index in [9.17, 15) is 5.11 Å². The number of rotatable bonds is 4. The highest BCUT2D eigenvalue weighted by molar-refractivity contribution is 4.77. The molecule has 0 bridgehead atoms. The first-order valence-corrected chi connectivity index (χ1v) is 7.70. The molecule has 2 aliphatic rings. The number of ether oxygens (including phenoxy) is 1. The van der Waals surface area contributed by atoms with E-state index in [0.29, 0.717) is 5.92 Å². The lowest BCUT2D eigenvalue weighted by Gasteiger charge is -2.30. The van der Waals surface area contributed by atoms with Gasteiger partial charge in [0.15, 0.2) is 0 Å². The van der Waals surface area contributed by atoms with E-state index in [1.165, 1.54) is 45.1 Å². The fourth-order valence-corrected chi connectivity index (χ4v) is 3.42. The average Bonchev–Trinajstić information content (AvgIpc) is 2.56. The van der Waals surface area contributed by atoms with Crippen molar-refractivity contribution in [1.29, 1.82) is 0 Å². The van der Waals surface area contributed by atoms with Gasteiger partial charge < -0.3 is 14.7 Å². The molecule has 0 aromatic rings. The molecule has 3 nitrogen and oxygen atoms in total. The molecule has 2 unspecified atom stereocenters. The first-order valence-electron chi connectivity index (χ1n) is 7.70. The van der Waals surface area contributed by atoms with Gasteiger partial charge in [0.2, 0.25) is 0 Å². The molecule has 3 heteroatoms. The van der Waals surface area contributed by atoms with E-state index in [-0.39, 0.29) is 6.10 Å². The van der Waals surface area contributed by atoms with Crippen molar-refractivity contribution >= 4 is 0 Å². The Morgan fingerprint density at radius 3 is 2.50 bits per heavy atom. The molecule has 0 aromatic carbocycles. The summed E-state index contributed by atoms with van der Waals surface area (Å²) in [7, 11) is 2.22. The van der Waals surface area contributed by atoms with Gasteiger partial charge in [-0.05, 0) is 44.6 Å². The Bertz CT molecular complexity index is 229. The molecule has 0 amide bonds. The lowest BCUT2D eigenvalue weighted by Crippen LogP contribution is -2.36. The third-order valence-electron chi connectivity index (χ3n) is 4.58. The zero-order valence-electron chi connectivity index (χ0n) is 11.8. The Balaban J connectivity index is 1.72. The Morgan fingerprint density at radius 2 is 1.72 bits per heavy atom. The summed E-state index contributed by atoms with van der Waals surface area (Å²) in [5.41, 5.74) is 0. The summed E-state index contributed by atoms with van der Waals surface area (Å²) in [6, 6.07) is 0. The van der Waals surface area contributed by atoms with E-state index in [1.807, 2.05) is 0 Å². The van der Waals surface area contributed by atoms with Crippen LogP contribution in [0.5, 0.6) is 0 Å². The van der Waals surface area contributed by atoms with Crippen molar-refractivity contribution in [1.82, 2.24) is 4.90 Å². The van der Waals surface area contributed by atoms with Gasteiger partial charge in [0.25, 0.3) is 0 Å². The molecule has 1 saturated heterocycles. The molecule has 2 fully saturated rings. The summed E-state index contributed by atoms with van der Waals surface area (Å²) >= 11 is 0. The van der Waals surface area contributed by atoms with E-state index >= 15 is 0 Å². The van der Waals surface area contributed by atoms with E-state index in [2.05, 4.69) is 11.9 Å². The lowest BCUT2D eigenvalue weighted by molar-refractivity contribution is 0.0434. The minimum Gasteiger partial charge on any atom is -0.393 e. The van der Waals surface area contributed by atoms with Crippen LogP contribution in [0.25, 0.3) is 0 Å². The Labute approximate surface area is 112 Å². The lowest BCUT2D eigenvalue weighted by atomic mass is 9.95. The second kappa shape index (κ2) is 7.46. The molecule has 0 spiro atoms. The summed E-state index contributed by atoms with van der Waals surface area (Å²) in [6.07, 6.45) is 8.37. The SMILES string of the molecule is CN(CC1CCOCC1)CC1CCCCCC1O. The molecule has 2 rings (SSSR count). The Morgan fingerprint density at radius 1 is 1.00 bits per heavy atom. The molecule has 1 saturated carbocycles. The van der Waals surface area contributed by atoms with Crippen molar-refractivity contribution in [2.75, 3.05) is 33.4 Å². The summed E-state index contributed by atoms with van der Waals surface area (Å²) in [6.45, 7) is 4.11. The van der Waals surface area contributed by atoms with Crippen molar-refractivity contribution in [3.8, 4) is 0 Å². The van der Waals surface area contributed by atoms with Gasteiger partial charge in [0.1, 0.15) is 0 Å². The molecule has 106 valence electrons. The van der Waals surface area contributed by atoms with Crippen molar-refractivity contribution in [3.63, 3.8) is 0 Å². The van der Waals surface area contributed by atoms with Crippen LogP contribution in [0.1, 0.15) is 44.9 Å². The van der Waals surface area contributed by atoms with E-state index in [1.54, 1.807) is 0 Å². The zero-order chi connectivity index (χ0) is 12.8. The molecular formula is C15H29NO2. The van der Waals surface area contributed by atoms with Crippen molar-refractivity contribution < 1.29 is 9.84 Å². The van der Waals surface area contributed by atoms with E-state index in [4.69, 9.17) is 4.74 Å². The normalized spacial score (nSPS) is 31.5. The summed E-state index contributed by atoms with van der Waals surface area (Å²) < 4.78 is 5.41. The topological polar surface area (TPSA) is 32.7 Å². The molecule has 1 heterocycles. The Hall–Kier alpha value is -0.120. The number of hydrogen-bond donors (Lipinski definition) is 1. The highest BCUT2D eigenvalue weighted by atomic mass is 16.5. The van der Waals surface area contributed by atoms with Crippen molar-refractivity contribution in [2.45, 2.75) is 51.0 Å². The minimum atomic E-state index is -0.0651. The van der Waals surface area contributed by atoms with Gasteiger partial charge in [-0.15, -0.1) is 0 Å². The molecule has 18 heavy (non-hydrogen) atoms. The van der Waals surface area contributed by atoms with Crippen molar-refractivity contribution in [2.24, 2.45) is 11.8 Å². The fourth-order valence-electron chi connectivity index (χ4n) is 3.42. The predicted molar refractivity (Wildman–Crippen MR) is 73.6 cm³/mol. The van der Waals surface area contributed by atoms with Gasteiger partial charge in [-0.2, -0.15) is 0 Å². The molecule has 0 radical (unpaired) electrons. The van der Waals surface area contributed by atoms with Crippen LogP contribution in [0.2, 0.25) is 0 Å². The summed E-state index contributed by atoms with van der Waals surface area (Å²) in [4.78, 5) is 2.44. The highest BCUT2D eigenvalue weighted by Crippen LogP contribution is 2.25. The van der Waals surface area contributed by atoms with Crippen LogP contribution in [0.15, 0.2) is 0 Å². The van der Waals surface area contributed by atoms with Gasteiger partial charge >= 0.3 is 0 Å². The number of hydrogen-bond acceptors (Lipinski definition) is 3. The second-order valence-electron chi connectivity index (χ2n) is 6.24. The average molecular weight is 255 g/mol. The molecule has 0 aromatic heterocycles. The van der Waals surface area contributed by atoms with Crippen LogP contribution in [0.3, 0.4) is 0 Å². The van der Waals surface area contributed by atoms with Crippen LogP contribution in [0, 0.1) is 11.8 Å². The van der Waals surface area contributed by atoms with Crippen LogP contribution in [-0.2, 0) is 4.74 Å². The maximum atomic E-state index is 10.2. The number of nitrogens with zero attached hydrogens (tertiary/aromatic N) is 1. The van der Waals surface area contributed by atoms with Crippen LogP contribution in [-0.4, -0.2) is 49.5 Å². The predicted octanol–water partition coefficient (Wildman–Crippen LogP) is 2.29. The van der Waals surface area contributed by atoms with E-state index in [0.717, 1.165) is 32.1 Å². The van der Waals surface area contributed by atoms with Gasteiger partial charge in [-0.25, -0.2) is 0 Å². The molecular weight excluding hydrogens is 226 g/mol. The molecule has 1 N–H and O–H groups in total. The van der Waals surface area contributed by atoms with Gasteiger partial charge in [-0.1, -0.05) is 19.3 Å². The maximum Gasteiger partial charge on any atom is 0.0580 e. The summed E-state index contributed by atoms with van der Waals surface area (Å²) in [5, 5.41) is 10.2. The fraction of sp³-hybridized carbons (Fsp3) is 1.00. The van der Waals surface area contributed by atoms with Crippen LogP contribution in [0.4, 0.5) is 0 Å².